The van der Waals surface area contributed by atoms with Gasteiger partial charge in [-0.05, 0) is 42.5 Å². The number of nitrogens with zero attached hydrogens (tertiary/aromatic N) is 3. The standard InChI is InChI=1S/C21H13N3O/c1-24-18-5-3-2-4-17(18)23-21(24)14-7-9-16-15-8-6-13(12-22)10-19(15)25-20(16)11-14/h2-11H,1H3. The summed E-state index contributed by atoms with van der Waals surface area (Å²) in [4.78, 5) is 4.75. The highest BCUT2D eigenvalue weighted by Crippen LogP contribution is 2.33. The summed E-state index contributed by atoms with van der Waals surface area (Å²) in [6.45, 7) is 0. The number of imidazole rings is 1. The fourth-order valence-electron chi connectivity index (χ4n) is 3.39. The highest BCUT2D eigenvalue weighted by atomic mass is 16.3. The molecule has 0 spiro atoms. The molecular weight excluding hydrogens is 310 g/mol. The maximum absolute atomic E-state index is 9.06. The molecule has 4 nitrogen and oxygen atoms in total. The third-order valence-electron chi connectivity index (χ3n) is 4.65. The van der Waals surface area contributed by atoms with Gasteiger partial charge in [-0.3, -0.25) is 0 Å². The lowest BCUT2D eigenvalue weighted by atomic mass is 10.1. The first-order chi connectivity index (χ1) is 12.2. The Balaban J connectivity index is 1.75. The second-order valence-corrected chi connectivity index (χ2v) is 6.12. The number of furan rings is 1. The van der Waals surface area contributed by atoms with Crippen molar-refractivity contribution in [1.29, 1.82) is 5.26 Å². The van der Waals surface area contributed by atoms with Gasteiger partial charge in [0.15, 0.2) is 0 Å². The number of hydrogen-bond donors (Lipinski definition) is 0. The molecular formula is C21H13N3O. The largest absolute Gasteiger partial charge is 0.456 e. The average Bonchev–Trinajstić information content (AvgIpc) is 3.18. The van der Waals surface area contributed by atoms with E-state index in [0.717, 1.165) is 44.4 Å². The van der Waals surface area contributed by atoms with Crippen LogP contribution in [0.5, 0.6) is 0 Å². The van der Waals surface area contributed by atoms with E-state index in [1.54, 1.807) is 6.07 Å². The second-order valence-electron chi connectivity index (χ2n) is 6.12. The van der Waals surface area contributed by atoms with Gasteiger partial charge in [0.05, 0.1) is 22.7 Å². The summed E-state index contributed by atoms with van der Waals surface area (Å²) in [5.74, 6) is 0.904. The summed E-state index contributed by atoms with van der Waals surface area (Å²) >= 11 is 0. The number of hydrogen-bond acceptors (Lipinski definition) is 3. The van der Waals surface area contributed by atoms with E-state index in [4.69, 9.17) is 14.7 Å². The SMILES string of the molecule is Cn1c(-c2ccc3c(c2)oc2cc(C#N)ccc23)nc2ccccc21. The molecule has 0 aliphatic carbocycles. The van der Waals surface area contributed by atoms with Crippen molar-refractivity contribution < 1.29 is 4.42 Å². The zero-order valence-corrected chi connectivity index (χ0v) is 13.5. The minimum atomic E-state index is 0.599. The number of rotatable bonds is 1. The molecule has 5 rings (SSSR count). The van der Waals surface area contributed by atoms with Crippen molar-refractivity contribution in [2.45, 2.75) is 0 Å². The Morgan fingerprint density at radius 3 is 2.52 bits per heavy atom. The minimum Gasteiger partial charge on any atom is -0.456 e. The third-order valence-corrected chi connectivity index (χ3v) is 4.65. The van der Waals surface area contributed by atoms with Crippen LogP contribution in [0.15, 0.2) is 65.1 Å². The molecule has 2 heterocycles. The molecule has 118 valence electrons. The number of benzene rings is 3. The topological polar surface area (TPSA) is 54.8 Å². The number of aromatic nitrogens is 2. The molecule has 0 amide bonds. The molecule has 25 heavy (non-hydrogen) atoms. The normalized spacial score (nSPS) is 11.4. The van der Waals surface area contributed by atoms with Gasteiger partial charge < -0.3 is 8.98 Å². The summed E-state index contributed by atoms with van der Waals surface area (Å²) in [5.41, 5.74) is 5.21. The van der Waals surface area contributed by atoms with Gasteiger partial charge in [-0.25, -0.2) is 4.98 Å². The summed E-state index contributed by atoms with van der Waals surface area (Å²) in [6.07, 6.45) is 0. The molecule has 3 aromatic carbocycles. The van der Waals surface area contributed by atoms with Crippen LogP contribution in [0.25, 0.3) is 44.4 Å². The third kappa shape index (κ3) is 1.96. The zero-order valence-electron chi connectivity index (χ0n) is 13.5. The summed E-state index contributed by atoms with van der Waals surface area (Å²) in [7, 11) is 2.02. The van der Waals surface area contributed by atoms with Crippen LogP contribution in [0, 0.1) is 11.3 Å². The molecule has 0 radical (unpaired) electrons. The lowest BCUT2D eigenvalue weighted by Gasteiger charge is -2.02. The molecule has 4 heteroatoms. The van der Waals surface area contributed by atoms with Gasteiger partial charge in [0.1, 0.15) is 17.0 Å². The molecule has 0 aliphatic rings. The molecule has 5 aromatic rings. The van der Waals surface area contributed by atoms with E-state index in [9.17, 15) is 0 Å². The Labute approximate surface area is 143 Å². The first kappa shape index (κ1) is 13.8. The molecule has 0 atom stereocenters. The monoisotopic (exact) mass is 323 g/mol. The number of aryl methyl sites for hydroxylation is 1. The van der Waals surface area contributed by atoms with Crippen molar-refractivity contribution in [2.75, 3.05) is 0 Å². The Bertz CT molecular complexity index is 1320. The number of para-hydroxylation sites is 2. The predicted octanol–water partition coefficient (Wildman–Crippen LogP) is 5.01. The summed E-state index contributed by atoms with van der Waals surface area (Å²) < 4.78 is 8.07. The Morgan fingerprint density at radius 1 is 0.960 bits per heavy atom. The van der Waals surface area contributed by atoms with Gasteiger partial charge in [0.2, 0.25) is 0 Å². The van der Waals surface area contributed by atoms with Crippen molar-refractivity contribution in [3.05, 3.63) is 66.2 Å². The van der Waals surface area contributed by atoms with E-state index in [1.807, 2.05) is 43.4 Å². The molecule has 0 unspecified atom stereocenters. The maximum atomic E-state index is 9.06. The zero-order chi connectivity index (χ0) is 17.0. The van der Waals surface area contributed by atoms with Crippen molar-refractivity contribution in [3.63, 3.8) is 0 Å². The van der Waals surface area contributed by atoms with E-state index < -0.39 is 0 Å². The van der Waals surface area contributed by atoms with Crippen LogP contribution in [0.4, 0.5) is 0 Å². The molecule has 2 aromatic heterocycles. The van der Waals surface area contributed by atoms with E-state index in [1.165, 1.54) is 0 Å². The minimum absolute atomic E-state index is 0.599. The second kappa shape index (κ2) is 4.96. The smallest absolute Gasteiger partial charge is 0.140 e. The molecule has 0 bridgehead atoms. The van der Waals surface area contributed by atoms with Gasteiger partial charge in [0, 0.05) is 23.4 Å². The highest BCUT2D eigenvalue weighted by molar-refractivity contribution is 6.06. The lowest BCUT2D eigenvalue weighted by molar-refractivity contribution is 0.669. The van der Waals surface area contributed by atoms with Crippen molar-refractivity contribution >= 4 is 33.0 Å². The fourth-order valence-corrected chi connectivity index (χ4v) is 3.39. The van der Waals surface area contributed by atoms with Gasteiger partial charge in [-0.2, -0.15) is 5.26 Å². The van der Waals surface area contributed by atoms with E-state index in [-0.39, 0.29) is 0 Å². The van der Waals surface area contributed by atoms with E-state index >= 15 is 0 Å². The molecule has 0 fully saturated rings. The van der Waals surface area contributed by atoms with Gasteiger partial charge in [0.25, 0.3) is 0 Å². The van der Waals surface area contributed by atoms with E-state index in [0.29, 0.717) is 5.56 Å². The average molecular weight is 323 g/mol. The summed E-state index contributed by atoms with van der Waals surface area (Å²) in [5, 5.41) is 11.1. The maximum Gasteiger partial charge on any atom is 0.140 e. The van der Waals surface area contributed by atoms with Gasteiger partial charge in [-0.1, -0.05) is 18.2 Å². The fraction of sp³-hybridized carbons (Fsp3) is 0.0476. The molecule has 0 saturated heterocycles. The van der Waals surface area contributed by atoms with Crippen LogP contribution < -0.4 is 0 Å². The van der Waals surface area contributed by atoms with Crippen LogP contribution in [-0.2, 0) is 7.05 Å². The first-order valence-corrected chi connectivity index (χ1v) is 8.03. The van der Waals surface area contributed by atoms with Crippen molar-refractivity contribution in [1.82, 2.24) is 9.55 Å². The van der Waals surface area contributed by atoms with Crippen LogP contribution in [-0.4, -0.2) is 9.55 Å². The molecule has 0 N–H and O–H groups in total. The molecule has 0 aliphatic heterocycles. The Hall–Kier alpha value is -3.58. The van der Waals surface area contributed by atoms with Crippen LogP contribution in [0.3, 0.4) is 0 Å². The number of fused-ring (bicyclic) bond motifs is 4. The Morgan fingerprint density at radius 2 is 1.72 bits per heavy atom. The van der Waals surface area contributed by atoms with Gasteiger partial charge in [-0.15, -0.1) is 0 Å². The Kier molecular flexibility index (Phi) is 2.74. The predicted molar refractivity (Wildman–Crippen MR) is 98.1 cm³/mol. The lowest BCUT2D eigenvalue weighted by Crippen LogP contribution is -1.92. The first-order valence-electron chi connectivity index (χ1n) is 8.03. The number of nitriles is 1. The van der Waals surface area contributed by atoms with Crippen molar-refractivity contribution in [3.8, 4) is 17.5 Å². The summed E-state index contributed by atoms with van der Waals surface area (Å²) in [6, 6.07) is 21.9. The van der Waals surface area contributed by atoms with E-state index in [2.05, 4.69) is 28.8 Å². The highest BCUT2D eigenvalue weighted by Gasteiger charge is 2.13. The van der Waals surface area contributed by atoms with Crippen LogP contribution in [0.1, 0.15) is 5.56 Å². The quantitative estimate of drug-likeness (QED) is 0.435. The van der Waals surface area contributed by atoms with Crippen LogP contribution in [0.2, 0.25) is 0 Å². The van der Waals surface area contributed by atoms with Crippen molar-refractivity contribution in [2.24, 2.45) is 7.05 Å². The molecule has 0 saturated carbocycles. The van der Waals surface area contributed by atoms with Crippen LogP contribution >= 0.6 is 0 Å². The van der Waals surface area contributed by atoms with Gasteiger partial charge >= 0.3 is 0 Å².